The molecule has 1 heterocycles. The predicted octanol–water partition coefficient (Wildman–Crippen LogP) is 2.02. The molecule has 9 nitrogen and oxygen atoms in total. The van der Waals surface area contributed by atoms with E-state index >= 15 is 0 Å². The summed E-state index contributed by atoms with van der Waals surface area (Å²) in [6.45, 7) is 10.3. The van der Waals surface area contributed by atoms with Gasteiger partial charge in [0.1, 0.15) is 6.04 Å². The summed E-state index contributed by atoms with van der Waals surface area (Å²) in [6, 6.07) is -0.701. The molecule has 0 saturated heterocycles. The summed E-state index contributed by atoms with van der Waals surface area (Å²) >= 11 is 0. The van der Waals surface area contributed by atoms with Gasteiger partial charge in [-0.05, 0) is 25.7 Å². The van der Waals surface area contributed by atoms with Crippen LogP contribution in [-0.2, 0) is 24.0 Å². The minimum absolute atomic E-state index is 0. The molecule has 31 heavy (non-hydrogen) atoms. The quantitative estimate of drug-likeness (QED) is 0.296. The predicted molar refractivity (Wildman–Crippen MR) is 125 cm³/mol. The van der Waals surface area contributed by atoms with Gasteiger partial charge in [-0.3, -0.25) is 28.9 Å². The van der Waals surface area contributed by atoms with Crippen LogP contribution in [0.2, 0.25) is 0 Å². The highest BCUT2D eigenvalue weighted by Gasteiger charge is 2.26. The molecule has 0 radical (unpaired) electrons. The van der Waals surface area contributed by atoms with Crippen molar-refractivity contribution in [1.82, 2.24) is 20.9 Å². The fraction of sp³-hybridized carbons (Fsp3) is 0.682. The van der Waals surface area contributed by atoms with Crippen molar-refractivity contribution in [2.24, 2.45) is 5.92 Å². The Morgan fingerprint density at radius 3 is 2.13 bits per heavy atom. The first-order chi connectivity index (χ1) is 14.8. The van der Waals surface area contributed by atoms with E-state index in [-0.39, 0.29) is 52.7 Å². The Bertz CT molecular complexity index is 644. The van der Waals surface area contributed by atoms with Crippen LogP contribution in [0.15, 0.2) is 12.2 Å². The Hall–Kier alpha value is -2.71. The molecular formula is C22H44N4O5. The number of hydrogen-bond donors (Lipinski definition) is 3. The third-order valence-corrected chi connectivity index (χ3v) is 4.80. The largest absolute Gasteiger partial charge is 0.355 e. The number of carbonyl (C=O) groups excluding carboxylic acids is 5. The summed E-state index contributed by atoms with van der Waals surface area (Å²) in [6.07, 6.45) is 5.34. The zero-order valence-corrected chi connectivity index (χ0v) is 19.5. The third kappa shape index (κ3) is 10.8. The number of likely N-dealkylation sites (N-methyl/N-ethyl adjacent to an activating group) is 1. The van der Waals surface area contributed by atoms with E-state index in [4.69, 9.17) is 0 Å². The van der Waals surface area contributed by atoms with E-state index in [1.54, 1.807) is 6.92 Å². The van der Waals surface area contributed by atoms with Gasteiger partial charge in [-0.25, -0.2) is 0 Å². The number of amides is 5. The normalized spacial score (nSPS) is 14.4. The second kappa shape index (κ2) is 16.0. The highest BCUT2D eigenvalue weighted by molar-refractivity contribution is 6.12. The molecular weight excluding hydrogens is 400 g/mol. The lowest BCUT2D eigenvalue weighted by molar-refractivity contribution is -0.137. The molecule has 0 aromatic carbocycles. The van der Waals surface area contributed by atoms with Gasteiger partial charge in [0.2, 0.25) is 17.7 Å². The first-order valence-electron chi connectivity index (χ1n) is 11.2. The second-order valence-corrected chi connectivity index (χ2v) is 7.07. The van der Waals surface area contributed by atoms with Gasteiger partial charge in [0, 0.05) is 35.9 Å². The molecule has 2 atom stereocenters. The molecule has 1 unspecified atom stereocenters. The summed E-state index contributed by atoms with van der Waals surface area (Å²) < 4.78 is 0. The Balaban J connectivity index is -0.000000875. The van der Waals surface area contributed by atoms with Crippen molar-refractivity contribution in [1.29, 1.82) is 0 Å². The standard InChI is InChI=1S/C20H32N4O5.C2H6.3H2/c1-4-14(3)19(20(29)22-13-16(26)21-5-2)23-15(25)9-7-6-8-12-24-17(27)10-11-18(24)28;1-2;;;/h10-11,14,19H,4-9,12-13H2,1-3H3,(H,21,26)(H,22,29)(H,23,25);1-2H3;3*1H/t14?,19-;;;;/m0..../s1. The van der Waals surface area contributed by atoms with Crippen molar-refractivity contribution >= 4 is 29.5 Å². The molecule has 3 N–H and O–H groups in total. The number of nitrogens with one attached hydrogen (secondary N) is 3. The number of imide groups is 1. The zero-order valence-electron chi connectivity index (χ0n) is 19.5. The number of rotatable bonds is 13. The van der Waals surface area contributed by atoms with E-state index < -0.39 is 6.04 Å². The summed E-state index contributed by atoms with van der Waals surface area (Å²) in [5, 5.41) is 7.92. The van der Waals surface area contributed by atoms with Crippen molar-refractivity contribution in [2.75, 3.05) is 19.6 Å². The summed E-state index contributed by atoms with van der Waals surface area (Å²) in [5.74, 6) is -1.57. The second-order valence-electron chi connectivity index (χ2n) is 7.07. The molecule has 1 aliphatic rings. The maximum Gasteiger partial charge on any atom is 0.253 e. The maximum atomic E-state index is 12.4. The average molecular weight is 445 g/mol. The van der Waals surface area contributed by atoms with Crippen LogP contribution in [0.25, 0.3) is 0 Å². The molecule has 9 heteroatoms. The lowest BCUT2D eigenvalue weighted by Gasteiger charge is -2.23. The Morgan fingerprint density at radius 1 is 0.968 bits per heavy atom. The van der Waals surface area contributed by atoms with Gasteiger partial charge < -0.3 is 16.0 Å². The van der Waals surface area contributed by atoms with Gasteiger partial charge in [0.25, 0.3) is 11.8 Å². The molecule has 1 rings (SSSR count). The Kier molecular flexibility index (Phi) is 14.6. The molecule has 182 valence electrons. The SMILES string of the molecule is CC.CCNC(=O)CNC(=O)[C@@H](NC(=O)CCCCCN1C(=O)C=CC1=O)C(C)CC.[HH].[HH].[HH]. The molecule has 0 fully saturated rings. The van der Waals surface area contributed by atoms with Crippen LogP contribution < -0.4 is 16.0 Å². The third-order valence-electron chi connectivity index (χ3n) is 4.80. The van der Waals surface area contributed by atoms with Crippen molar-refractivity contribution in [2.45, 2.75) is 72.8 Å². The van der Waals surface area contributed by atoms with Gasteiger partial charge in [0.15, 0.2) is 0 Å². The van der Waals surface area contributed by atoms with Gasteiger partial charge >= 0.3 is 0 Å². The smallest absolute Gasteiger partial charge is 0.253 e. The van der Waals surface area contributed by atoms with Crippen LogP contribution in [0.4, 0.5) is 0 Å². The molecule has 0 bridgehead atoms. The van der Waals surface area contributed by atoms with Crippen LogP contribution in [0, 0.1) is 5.92 Å². The van der Waals surface area contributed by atoms with Crippen molar-refractivity contribution < 1.29 is 28.3 Å². The van der Waals surface area contributed by atoms with Crippen LogP contribution in [0.1, 0.15) is 71.0 Å². The van der Waals surface area contributed by atoms with Crippen molar-refractivity contribution in [3.8, 4) is 0 Å². The lowest BCUT2D eigenvalue weighted by Crippen LogP contribution is -2.51. The van der Waals surface area contributed by atoms with E-state index in [0.29, 0.717) is 38.8 Å². The fourth-order valence-corrected chi connectivity index (χ4v) is 2.87. The molecule has 0 spiro atoms. The van der Waals surface area contributed by atoms with E-state index in [1.807, 2.05) is 27.7 Å². The van der Waals surface area contributed by atoms with Crippen LogP contribution in [-0.4, -0.2) is 60.1 Å². The molecule has 0 aliphatic carbocycles. The molecule has 5 amide bonds. The highest BCUT2D eigenvalue weighted by atomic mass is 16.2. The maximum absolute atomic E-state index is 12.4. The van der Waals surface area contributed by atoms with E-state index in [0.717, 1.165) is 0 Å². The topological polar surface area (TPSA) is 125 Å². The van der Waals surface area contributed by atoms with E-state index in [9.17, 15) is 24.0 Å². The first-order valence-corrected chi connectivity index (χ1v) is 11.2. The summed E-state index contributed by atoms with van der Waals surface area (Å²) in [5.41, 5.74) is 0. The molecule has 0 saturated carbocycles. The minimum Gasteiger partial charge on any atom is -0.355 e. The van der Waals surface area contributed by atoms with Crippen LogP contribution in [0.3, 0.4) is 0 Å². The molecule has 0 aromatic heterocycles. The number of carbonyl (C=O) groups is 5. The van der Waals surface area contributed by atoms with Gasteiger partial charge in [-0.2, -0.15) is 0 Å². The summed E-state index contributed by atoms with van der Waals surface area (Å²) in [7, 11) is 0. The average Bonchev–Trinajstić information content (AvgIpc) is 3.08. The fourth-order valence-electron chi connectivity index (χ4n) is 2.87. The van der Waals surface area contributed by atoms with E-state index in [1.165, 1.54) is 17.1 Å². The zero-order chi connectivity index (χ0) is 23.8. The minimum atomic E-state index is -0.701. The van der Waals surface area contributed by atoms with Crippen molar-refractivity contribution in [3.63, 3.8) is 0 Å². The summed E-state index contributed by atoms with van der Waals surface area (Å²) in [4.78, 5) is 60.2. The molecule has 0 aromatic rings. The molecule has 1 aliphatic heterocycles. The monoisotopic (exact) mass is 444 g/mol. The van der Waals surface area contributed by atoms with Crippen LogP contribution in [0.5, 0.6) is 0 Å². The Labute approximate surface area is 189 Å². The van der Waals surface area contributed by atoms with Gasteiger partial charge in [-0.15, -0.1) is 0 Å². The van der Waals surface area contributed by atoms with Gasteiger partial charge in [0.05, 0.1) is 6.54 Å². The number of nitrogens with zero attached hydrogens (tertiary/aromatic N) is 1. The first kappa shape index (κ1) is 28.3. The van der Waals surface area contributed by atoms with Crippen molar-refractivity contribution in [3.05, 3.63) is 12.2 Å². The van der Waals surface area contributed by atoms with Gasteiger partial charge in [-0.1, -0.05) is 40.5 Å². The Morgan fingerprint density at radius 2 is 1.58 bits per heavy atom. The highest BCUT2D eigenvalue weighted by Crippen LogP contribution is 2.10. The lowest BCUT2D eigenvalue weighted by atomic mass is 9.98. The number of unbranched alkanes of at least 4 members (excludes halogenated alkanes) is 2. The van der Waals surface area contributed by atoms with E-state index in [2.05, 4.69) is 16.0 Å². The van der Waals surface area contributed by atoms with Crippen LogP contribution >= 0.6 is 0 Å². The number of hydrogen-bond acceptors (Lipinski definition) is 5.